The van der Waals surface area contributed by atoms with Crippen molar-refractivity contribution in [2.45, 2.75) is 12.5 Å². The molecule has 0 spiro atoms. The second kappa shape index (κ2) is 8.90. The molecule has 5 rings (SSSR count). The van der Waals surface area contributed by atoms with E-state index in [9.17, 15) is 14.4 Å². The minimum absolute atomic E-state index is 0.180. The fraction of sp³-hybridized carbons (Fsp3) is 0.222. The van der Waals surface area contributed by atoms with Gasteiger partial charge in [-0.05, 0) is 29.8 Å². The van der Waals surface area contributed by atoms with E-state index in [0.29, 0.717) is 43.7 Å². The third-order valence-corrected chi connectivity index (χ3v) is 6.41. The van der Waals surface area contributed by atoms with E-state index in [1.54, 1.807) is 29.2 Å². The van der Waals surface area contributed by atoms with Crippen molar-refractivity contribution in [3.05, 3.63) is 102 Å². The zero-order valence-electron chi connectivity index (χ0n) is 18.3. The first-order valence-corrected chi connectivity index (χ1v) is 11.2. The lowest BCUT2D eigenvalue weighted by atomic mass is 10.0. The van der Waals surface area contributed by atoms with Gasteiger partial charge in [-0.2, -0.15) is 0 Å². The molecule has 3 aromatic rings. The first-order valence-electron chi connectivity index (χ1n) is 11.2. The Labute approximate surface area is 193 Å². The zero-order valence-corrected chi connectivity index (χ0v) is 18.3. The Bertz CT molecular complexity index is 1140. The van der Waals surface area contributed by atoms with Gasteiger partial charge in [-0.1, -0.05) is 60.7 Å². The van der Waals surface area contributed by atoms with Crippen LogP contribution in [0.3, 0.4) is 0 Å². The summed E-state index contributed by atoms with van der Waals surface area (Å²) in [5.74, 6) is -0.971. The fourth-order valence-corrected chi connectivity index (χ4v) is 4.65. The van der Waals surface area contributed by atoms with Crippen LogP contribution in [0.4, 0.5) is 5.69 Å². The van der Waals surface area contributed by atoms with E-state index in [1.807, 2.05) is 48.5 Å². The van der Waals surface area contributed by atoms with Crippen molar-refractivity contribution < 1.29 is 14.4 Å². The molecule has 2 heterocycles. The molecule has 2 aliphatic rings. The minimum Gasteiger partial charge on any atom is -0.368 e. The highest BCUT2D eigenvalue weighted by Crippen LogP contribution is 2.27. The number of fused-ring (bicyclic) bond motifs is 1. The van der Waals surface area contributed by atoms with E-state index in [-0.39, 0.29) is 5.91 Å². The van der Waals surface area contributed by atoms with Crippen LogP contribution >= 0.6 is 0 Å². The number of imide groups is 1. The van der Waals surface area contributed by atoms with Crippen LogP contribution in [-0.4, -0.2) is 59.7 Å². The van der Waals surface area contributed by atoms with Crippen molar-refractivity contribution in [2.75, 3.05) is 31.1 Å². The highest BCUT2D eigenvalue weighted by atomic mass is 16.2. The number of rotatable bonds is 5. The van der Waals surface area contributed by atoms with Crippen molar-refractivity contribution in [2.24, 2.45) is 0 Å². The highest BCUT2D eigenvalue weighted by molar-refractivity contribution is 6.22. The summed E-state index contributed by atoms with van der Waals surface area (Å²) in [4.78, 5) is 45.3. The van der Waals surface area contributed by atoms with Crippen LogP contribution in [-0.2, 0) is 11.2 Å². The Morgan fingerprint density at radius 3 is 1.79 bits per heavy atom. The van der Waals surface area contributed by atoms with E-state index >= 15 is 0 Å². The molecule has 1 fully saturated rings. The summed E-state index contributed by atoms with van der Waals surface area (Å²) in [5, 5.41) is 0. The predicted octanol–water partition coefficient (Wildman–Crippen LogP) is 3.24. The van der Waals surface area contributed by atoms with Gasteiger partial charge in [-0.25, -0.2) is 0 Å². The molecule has 6 heteroatoms. The summed E-state index contributed by atoms with van der Waals surface area (Å²) in [5.41, 5.74) is 2.77. The van der Waals surface area contributed by atoms with Crippen molar-refractivity contribution in [3.8, 4) is 0 Å². The number of carbonyl (C=O) groups is 3. The van der Waals surface area contributed by atoms with Crippen LogP contribution in [0, 0.1) is 0 Å². The van der Waals surface area contributed by atoms with Crippen LogP contribution in [0.2, 0.25) is 0 Å². The Balaban J connectivity index is 1.39. The van der Waals surface area contributed by atoms with Crippen molar-refractivity contribution in [1.29, 1.82) is 0 Å². The number of hydrogen-bond donors (Lipinski definition) is 0. The van der Waals surface area contributed by atoms with Gasteiger partial charge in [0.1, 0.15) is 6.04 Å². The Morgan fingerprint density at radius 1 is 0.697 bits per heavy atom. The minimum atomic E-state index is -0.872. The normalized spacial score (nSPS) is 16.7. The number of anilines is 1. The van der Waals surface area contributed by atoms with Gasteiger partial charge in [0.2, 0.25) is 5.91 Å². The van der Waals surface area contributed by atoms with E-state index < -0.39 is 17.9 Å². The number of nitrogens with zero attached hydrogens (tertiary/aromatic N) is 3. The van der Waals surface area contributed by atoms with E-state index in [0.717, 1.165) is 11.3 Å². The summed E-state index contributed by atoms with van der Waals surface area (Å²) in [6, 6.07) is 25.6. The molecular formula is C27H25N3O3. The SMILES string of the molecule is O=C([C@@H](Cc1ccccc1)N1C(=O)c2ccccc2C1=O)N1CCN(c2ccccc2)CC1. The molecule has 0 bridgehead atoms. The van der Waals surface area contributed by atoms with Crippen molar-refractivity contribution in [1.82, 2.24) is 9.80 Å². The molecule has 6 nitrogen and oxygen atoms in total. The Hall–Kier alpha value is -3.93. The predicted molar refractivity (Wildman–Crippen MR) is 126 cm³/mol. The molecular weight excluding hydrogens is 414 g/mol. The first kappa shape index (κ1) is 20.9. The van der Waals surface area contributed by atoms with Gasteiger partial charge >= 0.3 is 0 Å². The maximum atomic E-state index is 13.7. The third-order valence-electron chi connectivity index (χ3n) is 6.41. The molecule has 166 valence electrons. The molecule has 33 heavy (non-hydrogen) atoms. The molecule has 0 radical (unpaired) electrons. The molecule has 0 aromatic heterocycles. The summed E-state index contributed by atoms with van der Waals surface area (Å²) < 4.78 is 0. The van der Waals surface area contributed by atoms with Crippen LogP contribution in [0.25, 0.3) is 0 Å². The number of para-hydroxylation sites is 1. The van der Waals surface area contributed by atoms with Crippen LogP contribution in [0.1, 0.15) is 26.3 Å². The Morgan fingerprint density at radius 2 is 1.21 bits per heavy atom. The first-order chi connectivity index (χ1) is 16.1. The molecule has 0 saturated carbocycles. The molecule has 1 atom stereocenters. The second-order valence-electron chi connectivity index (χ2n) is 8.38. The standard InChI is InChI=1S/C27H25N3O3/c31-25-22-13-7-8-14-23(22)26(32)30(25)24(19-20-9-3-1-4-10-20)27(33)29-17-15-28(16-18-29)21-11-5-2-6-12-21/h1-14,24H,15-19H2/t24-/m1/s1. The van der Waals surface area contributed by atoms with E-state index in [2.05, 4.69) is 17.0 Å². The highest BCUT2D eigenvalue weighted by Gasteiger charge is 2.44. The van der Waals surface area contributed by atoms with Gasteiger partial charge in [0.25, 0.3) is 11.8 Å². The van der Waals surface area contributed by atoms with Gasteiger partial charge in [-0.3, -0.25) is 19.3 Å². The van der Waals surface area contributed by atoms with E-state index in [4.69, 9.17) is 0 Å². The van der Waals surface area contributed by atoms with Crippen molar-refractivity contribution in [3.63, 3.8) is 0 Å². The average molecular weight is 440 g/mol. The number of piperazine rings is 1. The quantitative estimate of drug-likeness (QED) is 0.573. The van der Waals surface area contributed by atoms with Gasteiger partial charge in [0.05, 0.1) is 11.1 Å². The van der Waals surface area contributed by atoms with Gasteiger partial charge < -0.3 is 9.80 Å². The number of amides is 3. The number of benzene rings is 3. The monoisotopic (exact) mass is 439 g/mol. The second-order valence-corrected chi connectivity index (χ2v) is 8.38. The van der Waals surface area contributed by atoms with Crippen LogP contribution in [0.15, 0.2) is 84.9 Å². The Kier molecular flexibility index (Phi) is 5.65. The number of hydrogen-bond acceptors (Lipinski definition) is 4. The maximum Gasteiger partial charge on any atom is 0.262 e. The summed E-state index contributed by atoms with van der Waals surface area (Å²) in [7, 11) is 0. The molecule has 1 saturated heterocycles. The average Bonchev–Trinajstić information content (AvgIpc) is 3.13. The summed E-state index contributed by atoms with van der Waals surface area (Å²) in [6.07, 6.45) is 0.296. The van der Waals surface area contributed by atoms with E-state index in [1.165, 1.54) is 4.90 Å². The lowest BCUT2D eigenvalue weighted by Gasteiger charge is -2.38. The summed E-state index contributed by atoms with van der Waals surface area (Å²) >= 11 is 0. The molecule has 2 aliphatic heterocycles. The molecule has 0 unspecified atom stereocenters. The molecule has 0 aliphatic carbocycles. The molecule has 0 N–H and O–H groups in total. The third kappa shape index (κ3) is 4.00. The summed E-state index contributed by atoms with van der Waals surface area (Å²) in [6.45, 7) is 2.50. The van der Waals surface area contributed by atoms with Gasteiger partial charge in [0, 0.05) is 38.3 Å². The van der Waals surface area contributed by atoms with Crippen LogP contribution < -0.4 is 4.90 Å². The smallest absolute Gasteiger partial charge is 0.262 e. The van der Waals surface area contributed by atoms with Gasteiger partial charge in [0.15, 0.2) is 0 Å². The lowest BCUT2D eigenvalue weighted by Crippen LogP contribution is -2.56. The van der Waals surface area contributed by atoms with Crippen molar-refractivity contribution >= 4 is 23.4 Å². The molecule has 3 aromatic carbocycles. The topological polar surface area (TPSA) is 60.9 Å². The maximum absolute atomic E-state index is 13.7. The molecule has 3 amide bonds. The largest absolute Gasteiger partial charge is 0.368 e. The van der Waals surface area contributed by atoms with Crippen LogP contribution in [0.5, 0.6) is 0 Å². The fourth-order valence-electron chi connectivity index (χ4n) is 4.65. The lowest BCUT2D eigenvalue weighted by molar-refractivity contribution is -0.135. The zero-order chi connectivity index (χ0) is 22.8. The number of carbonyl (C=O) groups excluding carboxylic acids is 3. The van der Waals surface area contributed by atoms with Gasteiger partial charge in [-0.15, -0.1) is 0 Å².